The molecule has 1 atom stereocenters. The van der Waals surface area contributed by atoms with Crippen LogP contribution in [0.25, 0.3) is 0 Å². The highest BCUT2D eigenvalue weighted by Crippen LogP contribution is 2.07. The molecule has 0 bridgehead atoms. The summed E-state index contributed by atoms with van der Waals surface area (Å²) in [4.78, 5) is 0. The van der Waals surface area contributed by atoms with E-state index >= 15 is 0 Å². The molecule has 0 saturated heterocycles. The second-order valence-corrected chi connectivity index (χ2v) is 4.89. The number of nitrogens with one attached hydrogen (secondary N) is 1. The van der Waals surface area contributed by atoms with Crippen LogP contribution in [-0.4, -0.2) is 12.6 Å². The Labute approximate surface area is 84.8 Å². The van der Waals surface area contributed by atoms with Gasteiger partial charge in [-0.25, -0.2) is 0 Å². The van der Waals surface area contributed by atoms with Gasteiger partial charge in [-0.15, -0.1) is 0 Å². The Hall–Kier alpha value is 0.180. The van der Waals surface area contributed by atoms with Crippen molar-refractivity contribution < 1.29 is 0 Å². The first-order chi connectivity index (χ1) is 5.52. The minimum atomic E-state index is 0.599. The molecule has 0 amide bonds. The van der Waals surface area contributed by atoms with Crippen molar-refractivity contribution in [2.45, 2.75) is 39.7 Å². The molecule has 12 heavy (non-hydrogen) atoms. The Morgan fingerprint density at radius 3 is 2.33 bits per heavy atom. The largest absolute Gasteiger partial charge is 0.310 e. The van der Waals surface area contributed by atoms with E-state index < -0.39 is 0 Å². The molecule has 0 aromatic rings. The lowest BCUT2D eigenvalue weighted by molar-refractivity contribution is 0.465. The highest BCUT2D eigenvalue weighted by atomic mass is 79.9. The topological polar surface area (TPSA) is 12.0 Å². The van der Waals surface area contributed by atoms with Gasteiger partial charge in [-0.2, -0.15) is 0 Å². The zero-order valence-corrected chi connectivity index (χ0v) is 9.95. The molecule has 2 heteroatoms. The van der Waals surface area contributed by atoms with Crippen LogP contribution in [0.3, 0.4) is 0 Å². The normalized spacial score (nSPS) is 13.4. The average Bonchev–Trinajstić information content (AvgIpc) is 1.96. The first-order valence-electron chi connectivity index (χ1n) is 4.59. The van der Waals surface area contributed by atoms with E-state index in [1.54, 1.807) is 0 Å². The summed E-state index contributed by atoms with van der Waals surface area (Å²) in [5.74, 6) is 0.807. The molecule has 72 valence electrons. The highest BCUT2D eigenvalue weighted by molar-refractivity contribution is 9.11. The smallest absolute Gasteiger partial charge is 0.0268 e. The predicted octanol–water partition coefficient (Wildman–Crippen LogP) is 3.31. The summed E-state index contributed by atoms with van der Waals surface area (Å²) in [6.45, 7) is 11.4. The van der Waals surface area contributed by atoms with Gasteiger partial charge in [-0.3, -0.25) is 0 Å². The van der Waals surface area contributed by atoms with Gasteiger partial charge in [0.1, 0.15) is 0 Å². The summed E-state index contributed by atoms with van der Waals surface area (Å²) in [7, 11) is 0. The molecule has 0 aliphatic rings. The van der Waals surface area contributed by atoms with E-state index in [0.717, 1.165) is 16.9 Å². The Kier molecular flexibility index (Phi) is 6.77. The number of hydrogen-bond donors (Lipinski definition) is 1. The molecule has 1 N–H and O–H groups in total. The van der Waals surface area contributed by atoms with Gasteiger partial charge >= 0.3 is 0 Å². The van der Waals surface area contributed by atoms with Crippen molar-refractivity contribution in [1.82, 2.24) is 5.32 Å². The Balaban J connectivity index is 3.33. The van der Waals surface area contributed by atoms with E-state index in [2.05, 4.69) is 48.6 Å². The fraction of sp³-hybridized carbons (Fsp3) is 0.800. The molecule has 1 unspecified atom stereocenters. The summed E-state index contributed by atoms with van der Waals surface area (Å²) in [5.41, 5.74) is 0. The van der Waals surface area contributed by atoms with Gasteiger partial charge in [-0.05, 0) is 25.7 Å². The standard InChI is InChI=1S/C10H20BrN/c1-8(2)5-6-10(4)12-7-9(3)11/h8,10,12H,3,5-7H2,1-2,4H3. The molecule has 0 saturated carbocycles. The first-order valence-corrected chi connectivity index (χ1v) is 5.38. The molecule has 0 aromatic heterocycles. The van der Waals surface area contributed by atoms with Crippen molar-refractivity contribution in [3.05, 3.63) is 11.1 Å². The average molecular weight is 234 g/mol. The SMILES string of the molecule is C=C(Br)CNC(C)CCC(C)C. The van der Waals surface area contributed by atoms with Crippen LogP contribution in [0.15, 0.2) is 11.1 Å². The summed E-state index contributed by atoms with van der Waals surface area (Å²) in [6, 6.07) is 0.599. The minimum Gasteiger partial charge on any atom is -0.310 e. The highest BCUT2D eigenvalue weighted by Gasteiger charge is 2.02. The minimum absolute atomic E-state index is 0.599. The molecule has 0 aliphatic heterocycles. The Bertz CT molecular complexity index is 132. The van der Waals surface area contributed by atoms with Crippen LogP contribution in [0.2, 0.25) is 0 Å². The fourth-order valence-corrected chi connectivity index (χ4v) is 1.13. The lowest BCUT2D eigenvalue weighted by atomic mass is 10.0. The second-order valence-electron chi connectivity index (χ2n) is 3.77. The maximum atomic E-state index is 3.78. The number of rotatable bonds is 6. The summed E-state index contributed by atoms with van der Waals surface area (Å²) in [6.07, 6.45) is 2.54. The lowest BCUT2D eigenvalue weighted by Gasteiger charge is -2.14. The maximum absolute atomic E-state index is 3.78. The van der Waals surface area contributed by atoms with Crippen LogP contribution >= 0.6 is 15.9 Å². The van der Waals surface area contributed by atoms with E-state index in [-0.39, 0.29) is 0 Å². The molecule has 0 fully saturated rings. The maximum Gasteiger partial charge on any atom is 0.0268 e. The summed E-state index contributed by atoms with van der Waals surface area (Å²) >= 11 is 3.33. The molecular formula is C10H20BrN. The van der Waals surface area contributed by atoms with Crippen LogP contribution < -0.4 is 5.32 Å². The third kappa shape index (κ3) is 8.28. The Morgan fingerprint density at radius 1 is 1.33 bits per heavy atom. The van der Waals surface area contributed by atoms with Gasteiger partial charge in [0, 0.05) is 17.1 Å². The second kappa shape index (κ2) is 6.67. The zero-order chi connectivity index (χ0) is 9.56. The molecule has 1 nitrogen and oxygen atoms in total. The van der Waals surface area contributed by atoms with Gasteiger partial charge in [0.15, 0.2) is 0 Å². The van der Waals surface area contributed by atoms with Crippen LogP contribution in [0.5, 0.6) is 0 Å². The van der Waals surface area contributed by atoms with E-state index in [1.807, 2.05) is 0 Å². The van der Waals surface area contributed by atoms with E-state index in [9.17, 15) is 0 Å². The van der Waals surface area contributed by atoms with Crippen molar-refractivity contribution in [2.75, 3.05) is 6.54 Å². The molecule has 0 rings (SSSR count). The third-order valence-electron chi connectivity index (χ3n) is 1.82. The summed E-state index contributed by atoms with van der Waals surface area (Å²) < 4.78 is 1.03. The van der Waals surface area contributed by atoms with Crippen molar-refractivity contribution in [1.29, 1.82) is 0 Å². The van der Waals surface area contributed by atoms with Crippen LogP contribution in [-0.2, 0) is 0 Å². The molecule has 0 spiro atoms. The van der Waals surface area contributed by atoms with Crippen LogP contribution in [0, 0.1) is 5.92 Å². The van der Waals surface area contributed by atoms with Crippen molar-refractivity contribution in [2.24, 2.45) is 5.92 Å². The predicted molar refractivity (Wildman–Crippen MR) is 59.6 cm³/mol. The lowest BCUT2D eigenvalue weighted by Crippen LogP contribution is -2.27. The van der Waals surface area contributed by atoms with Gasteiger partial charge in [0.05, 0.1) is 0 Å². The van der Waals surface area contributed by atoms with Gasteiger partial charge < -0.3 is 5.32 Å². The van der Waals surface area contributed by atoms with E-state index in [1.165, 1.54) is 12.8 Å². The molecule has 0 aliphatic carbocycles. The van der Waals surface area contributed by atoms with Crippen LogP contribution in [0.4, 0.5) is 0 Å². The molecular weight excluding hydrogens is 214 g/mol. The third-order valence-corrected chi connectivity index (χ3v) is 2.10. The summed E-state index contributed by atoms with van der Waals surface area (Å²) in [5, 5.41) is 3.39. The van der Waals surface area contributed by atoms with Crippen molar-refractivity contribution >= 4 is 15.9 Å². The zero-order valence-electron chi connectivity index (χ0n) is 8.36. The number of halogens is 1. The van der Waals surface area contributed by atoms with Crippen molar-refractivity contribution in [3.63, 3.8) is 0 Å². The Morgan fingerprint density at radius 2 is 1.92 bits per heavy atom. The fourth-order valence-electron chi connectivity index (χ4n) is 0.970. The van der Waals surface area contributed by atoms with Gasteiger partial charge in [0.2, 0.25) is 0 Å². The molecule has 0 radical (unpaired) electrons. The van der Waals surface area contributed by atoms with Crippen LogP contribution in [0.1, 0.15) is 33.6 Å². The van der Waals surface area contributed by atoms with E-state index in [0.29, 0.717) is 6.04 Å². The first kappa shape index (κ1) is 12.2. The van der Waals surface area contributed by atoms with Gasteiger partial charge in [-0.1, -0.05) is 36.4 Å². The monoisotopic (exact) mass is 233 g/mol. The van der Waals surface area contributed by atoms with E-state index in [4.69, 9.17) is 0 Å². The van der Waals surface area contributed by atoms with Gasteiger partial charge in [0.25, 0.3) is 0 Å². The molecule has 0 aromatic carbocycles. The van der Waals surface area contributed by atoms with Crippen molar-refractivity contribution in [3.8, 4) is 0 Å². The number of hydrogen-bond acceptors (Lipinski definition) is 1. The quantitative estimate of drug-likeness (QED) is 0.743. The molecule has 0 heterocycles.